The highest BCUT2D eigenvalue weighted by atomic mass is 35.5. The Labute approximate surface area is 166 Å². The Morgan fingerprint density at radius 2 is 2.07 bits per heavy atom. The molecule has 1 aromatic carbocycles. The number of hydrogen-bond donors (Lipinski definition) is 4. The first kappa shape index (κ1) is 19.6. The van der Waals surface area contributed by atoms with Crippen molar-refractivity contribution in [2.75, 3.05) is 16.0 Å². The zero-order valence-electron chi connectivity index (χ0n) is 15.2. The second-order valence-electron chi connectivity index (χ2n) is 5.93. The Morgan fingerprint density at radius 1 is 1.29 bits per heavy atom. The molecule has 10 heteroatoms. The molecule has 1 atom stereocenters. The topological polar surface area (TPSA) is 99.9 Å². The van der Waals surface area contributed by atoms with E-state index in [0.29, 0.717) is 5.69 Å². The molecule has 0 saturated carbocycles. The highest BCUT2D eigenvalue weighted by molar-refractivity contribution is 6.32. The number of aliphatic hydroxyl groups excluding tert-OH is 1. The molecule has 0 saturated heterocycles. The second kappa shape index (κ2) is 8.24. The van der Waals surface area contributed by atoms with Crippen molar-refractivity contribution >= 4 is 40.4 Å². The molecule has 8 nitrogen and oxygen atoms in total. The molecule has 2 heterocycles. The third kappa shape index (κ3) is 4.38. The molecular formula is C18H19ClFN7O. The first-order valence-corrected chi connectivity index (χ1v) is 8.67. The average molecular weight is 404 g/mol. The van der Waals surface area contributed by atoms with Gasteiger partial charge in [-0.05, 0) is 31.2 Å². The van der Waals surface area contributed by atoms with Crippen molar-refractivity contribution in [3.8, 4) is 0 Å². The molecule has 0 amide bonds. The van der Waals surface area contributed by atoms with Crippen molar-refractivity contribution in [3.05, 3.63) is 59.8 Å². The lowest BCUT2D eigenvalue weighted by Crippen LogP contribution is -2.15. The summed E-state index contributed by atoms with van der Waals surface area (Å²) in [5.74, 6) is -0.00766. The van der Waals surface area contributed by atoms with Crippen LogP contribution in [0.25, 0.3) is 0 Å². The van der Waals surface area contributed by atoms with Gasteiger partial charge in [-0.1, -0.05) is 18.2 Å². The van der Waals surface area contributed by atoms with Gasteiger partial charge in [-0.3, -0.25) is 4.68 Å². The van der Waals surface area contributed by atoms with Gasteiger partial charge >= 0.3 is 0 Å². The highest BCUT2D eigenvalue weighted by Gasteiger charge is 2.12. The summed E-state index contributed by atoms with van der Waals surface area (Å²) in [5.41, 5.74) is 2.27. The SMILES string of the molecule is C=CC(O)Nc1ccc(F)c(Nc2nc(Nc3cnn(C)c3C)ncc2Cl)c1. The van der Waals surface area contributed by atoms with E-state index in [-0.39, 0.29) is 22.5 Å². The van der Waals surface area contributed by atoms with E-state index in [0.717, 1.165) is 11.4 Å². The fourth-order valence-corrected chi connectivity index (χ4v) is 2.46. The van der Waals surface area contributed by atoms with Crippen LogP contribution in [-0.4, -0.2) is 31.1 Å². The van der Waals surface area contributed by atoms with Crippen molar-refractivity contribution in [1.29, 1.82) is 0 Å². The van der Waals surface area contributed by atoms with E-state index in [2.05, 4.69) is 37.6 Å². The second-order valence-corrected chi connectivity index (χ2v) is 6.33. The third-order valence-corrected chi connectivity index (χ3v) is 4.26. The Bertz CT molecular complexity index is 1010. The number of anilines is 5. The lowest BCUT2D eigenvalue weighted by atomic mass is 10.2. The maximum atomic E-state index is 14.2. The molecule has 0 aliphatic heterocycles. The monoisotopic (exact) mass is 403 g/mol. The van der Waals surface area contributed by atoms with Crippen molar-refractivity contribution < 1.29 is 9.50 Å². The van der Waals surface area contributed by atoms with Crippen LogP contribution in [0, 0.1) is 12.7 Å². The fraction of sp³-hybridized carbons (Fsp3) is 0.167. The molecule has 0 bridgehead atoms. The predicted octanol–water partition coefficient (Wildman–Crippen LogP) is 3.71. The first-order valence-electron chi connectivity index (χ1n) is 8.29. The minimum Gasteiger partial charge on any atom is -0.370 e. The summed E-state index contributed by atoms with van der Waals surface area (Å²) in [6, 6.07) is 4.24. The van der Waals surface area contributed by atoms with E-state index in [4.69, 9.17) is 11.6 Å². The van der Waals surface area contributed by atoms with Crippen molar-refractivity contribution in [2.45, 2.75) is 13.2 Å². The largest absolute Gasteiger partial charge is 0.370 e. The molecule has 0 aliphatic rings. The zero-order chi connectivity index (χ0) is 20.3. The van der Waals surface area contributed by atoms with Gasteiger partial charge in [0.2, 0.25) is 5.95 Å². The van der Waals surface area contributed by atoms with E-state index < -0.39 is 12.0 Å². The minimum atomic E-state index is -0.959. The third-order valence-electron chi connectivity index (χ3n) is 3.98. The van der Waals surface area contributed by atoms with E-state index >= 15 is 0 Å². The molecule has 4 N–H and O–H groups in total. The van der Waals surface area contributed by atoms with Gasteiger partial charge in [0, 0.05) is 12.7 Å². The molecule has 0 fully saturated rings. The number of halogens is 2. The van der Waals surface area contributed by atoms with Gasteiger partial charge in [-0.25, -0.2) is 9.37 Å². The van der Waals surface area contributed by atoms with E-state index in [1.165, 1.54) is 30.5 Å². The summed E-state index contributed by atoms with van der Waals surface area (Å²) < 4.78 is 15.9. The highest BCUT2D eigenvalue weighted by Crippen LogP contribution is 2.28. The van der Waals surface area contributed by atoms with Crippen molar-refractivity contribution in [3.63, 3.8) is 0 Å². The van der Waals surface area contributed by atoms with Crippen LogP contribution in [0.5, 0.6) is 0 Å². The molecular weight excluding hydrogens is 385 g/mol. The van der Waals surface area contributed by atoms with Gasteiger partial charge in [-0.15, -0.1) is 0 Å². The van der Waals surface area contributed by atoms with Gasteiger partial charge in [-0.2, -0.15) is 10.1 Å². The summed E-state index contributed by atoms with van der Waals surface area (Å²) in [4.78, 5) is 8.44. The summed E-state index contributed by atoms with van der Waals surface area (Å²) >= 11 is 6.16. The van der Waals surface area contributed by atoms with Crippen LogP contribution in [0.1, 0.15) is 5.69 Å². The van der Waals surface area contributed by atoms with Crippen molar-refractivity contribution in [1.82, 2.24) is 19.7 Å². The molecule has 0 radical (unpaired) electrons. The summed E-state index contributed by atoms with van der Waals surface area (Å²) in [6.45, 7) is 5.38. The maximum absolute atomic E-state index is 14.2. The fourth-order valence-electron chi connectivity index (χ4n) is 2.32. The van der Waals surface area contributed by atoms with E-state index in [1.54, 1.807) is 10.9 Å². The zero-order valence-corrected chi connectivity index (χ0v) is 16.0. The standard InChI is InChI=1S/C18H19ClFN7O/c1-4-16(28)23-11-5-6-13(20)14(7-11)24-17-12(19)8-21-18(26-17)25-15-9-22-27(3)10(15)2/h4-9,16,23,28H,1H2,2-3H3,(H2,21,24,25,26). The lowest BCUT2D eigenvalue weighted by molar-refractivity contribution is 0.253. The summed E-state index contributed by atoms with van der Waals surface area (Å²) in [7, 11) is 1.82. The number of aromatic nitrogens is 4. The lowest BCUT2D eigenvalue weighted by Gasteiger charge is -2.14. The van der Waals surface area contributed by atoms with Gasteiger partial charge in [0.05, 0.1) is 29.5 Å². The number of nitrogens with zero attached hydrogens (tertiary/aromatic N) is 4. The average Bonchev–Trinajstić information content (AvgIpc) is 2.99. The van der Waals surface area contributed by atoms with Crippen LogP contribution >= 0.6 is 11.6 Å². The van der Waals surface area contributed by atoms with Crippen LogP contribution in [0.15, 0.2) is 43.2 Å². The van der Waals surface area contributed by atoms with Crippen molar-refractivity contribution in [2.24, 2.45) is 7.05 Å². The first-order chi connectivity index (χ1) is 13.4. The van der Waals surface area contributed by atoms with E-state index in [1.807, 2.05) is 14.0 Å². The molecule has 2 aromatic heterocycles. The predicted molar refractivity (Wildman–Crippen MR) is 108 cm³/mol. The van der Waals surface area contributed by atoms with Gasteiger partial charge < -0.3 is 21.1 Å². The van der Waals surface area contributed by atoms with Gasteiger partial charge in [0.25, 0.3) is 0 Å². The van der Waals surface area contributed by atoms with Crippen LogP contribution < -0.4 is 16.0 Å². The van der Waals surface area contributed by atoms with E-state index in [9.17, 15) is 9.50 Å². The number of hydrogen-bond acceptors (Lipinski definition) is 7. The smallest absolute Gasteiger partial charge is 0.229 e. The Hall–Kier alpha value is -3.17. The van der Waals surface area contributed by atoms with Crippen LogP contribution in [0.2, 0.25) is 5.02 Å². The minimum absolute atomic E-state index is 0.130. The van der Waals surface area contributed by atoms with Gasteiger partial charge in [0.15, 0.2) is 5.82 Å². The molecule has 3 aromatic rings. The van der Waals surface area contributed by atoms with Crippen LogP contribution in [0.3, 0.4) is 0 Å². The Balaban J connectivity index is 1.85. The number of rotatable bonds is 7. The maximum Gasteiger partial charge on any atom is 0.229 e. The molecule has 146 valence electrons. The molecule has 3 rings (SSSR count). The van der Waals surface area contributed by atoms with Crippen LogP contribution in [0.4, 0.5) is 33.2 Å². The summed E-state index contributed by atoms with van der Waals surface area (Å²) in [5, 5.41) is 22.6. The molecule has 0 aliphatic carbocycles. The summed E-state index contributed by atoms with van der Waals surface area (Å²) in [6.07, 6.45) is 3.42. The number of aryl methyl sites for hydroxylation is 1. The number of aliphatic hydroxyl groups is 1. The number of nitrogens with one attached hydrogen (secondary N) is 3. The van der Waals surface area contributed by atoms with Gasteiger partial charge in [0.1, 0.15) is 17.1 Å². The molecule has 1 unspecified atom stereocenters. The number of benzene rings is 1. The Morgan fingerprint density at radius 3 is 2.75 bits per heavy atom. The molecule has 0 spiro atoms. The normalized spacial score (nSPS) is 11.8. The Kier molecular flexibility index (Phi) is 5.76. The quantitative estimate of drug-likeness (QED) is 0.352. The van der Waals surface area contributed by atoms with Crippen LogP contribution in [-0.2, 0) is 7.05 Å². The molecule has 28 heavy (non-hydrogen) atoms.